The lowest BCUT2D eigenvalue weighted by atomic mass is 10.3. The first-order valence-electron chi connectivity index (χ1n) is 13.0. The molecule has 2 N–H and O–H groups in total. The van der Waals surface area contributed by atoms with Gasteiger partial charge in [-0.25, -0.2) is 9.97 Å². The largest absolute Gasteiger partial charge is 0.395 e. The van der Waals surface area contributed by atoms with Gasteiger partial charge in [-0.15, -0.1) is 0 Å². The number of nitrogens with zero attached hydrogens (tertiary/aromatic N) is 8. The maximum atomic E-state index is 12.1. The summed E-state index contributed by atoms with van der Waals surface area (Å²) in [5.41, 5.74) is 1.50. The lowest BCUT2D eigenvalue weighted by Crippen LogP contribution is -2.33. The maximum Gasteiger partial charge on any atom is 0.290 e. The van der Waals surface area contributed by atoms with Crippen LogP contribution in [0.2, 0.25) is 0 Å². The van der Waals surface area contributed by atoms with Crippen LogP contribution in [-0.4, -0.2) is 95.7 Å². The molecule has 3 fully saturated rings. The molecular weight excluding hydrogens is 506 g/mol. The molecule has 38 heavy (non-hydrogen) atoms. The Bertz CT molecular complexity index is 1230. The van der Waals surface area contributed by atoms with E-state index in [1.165, 1.54) is 12.8 Å². The number of thioether (sulfide) groups is 1. The molecule has 0 aromatic carbocycles. The summed E-state index contributed by atoms with van der Waals surface area (Å²) >= 11 is 0.859. The van der Waals surface area contributed by atoms with Gasteiger partial charge in [-0.1, -0.05) is 0 Å². The van der Waals surface area contributed by atoms with E-state index >= 15 is 0 Å². The molecule has 0 atom stereocenters. The molecular formula is C25H33N9O3S. The number of rotatable bonds is 7. The van der Waals surface area contributed by atoms with Gasteiger partial charge in [-0.3, -0.25) is 14.9 Å². The number of amides is 2. The zero-order chi connectivity index (χ0) is 26.6. The minimum absolute atomic E-state index is 0.0184. The van der Waals surface area contributed by atoms with Gasteiger partial charge in [0.1, 0.15) is 11.6 Å². The summed E-state index contributed by atoms with van der Waals surface area (Å²) in [5.74, 6) is 2.51. The Balaban J connectivity index is 1.38. The highest BCUT2D eigenvalue weighted by Gasteiger charge is 2.26. The van der Waals surface area contributed by atoms with Crippen LogP contribution >= 0.6 is 11.8 Å². The summed E-state index contributed by atoms with van der Waals surface area (Å²) in [6.45, 7) is 7.46. The average Bonchev–Trinajstić information content (AvgIpc) is 3.46. The highest BCUT2D eigenvalue weighted by atomic mass is 32.2. The van der Waals surface area contributed by atoms with Crippen molar-refractivity contribution in [2.75, 3.05) is 79.1 Å². The smallest absolute Gasteiger partial charge is 0.290 e. The number of imide groups is 1. The third kappa shape index (κ3) is 5.99. The van der Waals surface area contributed by atoms with Gasteiger partial charge in [0.05, 0.1) is 17.2 Å². The van der Waals surface area contributed by atoms with Crippen LogP contribution < -0.4 is 24.9 Å². The van der Waals surface area contributed by atoms with E-state index in [0.717, 1.165) is 68.4 Å². The molecule has 0 radical (unpaired) electrons. The quantitative estimate of drug-likeness (QED) is 0.496. The molecule has 0 aliphatic carbocycles. The number of aliphatic hydroxyl groups excluding tert-OH is 1. The maximum absolute atomic E-state index is 12.1. The fourth-order valence-electron chi connectivity index (χ4n) is 4.77. The van der Waals surface area contributed by atoms with Crippen molar-refractivity contribution in [1.82, 2.24) is 25.3 Å². The normalized spacial score (nSPS) is 19.3. The van der Waals surface area contributed by atoms with Crippen molar-refractivity contribution in [3.63, 3.8) is 0 Å². The Morgan fingerprint density at radius 1 is 0.947 bits per heavy atom. The van der Waals surface area contributed by atoms with Gasteiger partial charge >= 0.3 is 0 Å². The van der Waals surface area contributed by atoms with E-state index in [2.05, 4.69) is 25.0 Å². The molecule has 5 rings (SSSR count). The number of aryl methyl sites for hydroxylation is 1. The molecule has 5 heterocycles. The number of nitrogens with one attached hydrogen (secondary N) is 1. The fourth-order valence-corrected chi connectivity index (χ4v) is 5.44. The molecule has 3 aliphatic rings. The Morgan fingerprint density at radius 2 is 1.63 bits per heavy atom. The van der Waals surface area contributed by atoms with Crippen LogP contribution in [0.4, 0.5) is 28.3 Å². The standard InChI is InChI=1S/C25H33N9O3S/c1-17-14-21(29-23(26-17)33-6-3-4-7-33)32-8-5-9-34(11-10-32)24-27-18(15-19-22(36)30-25(37)38-19)16-20(28-24)31(2)12-13-35/h14-16,35H,3-13H2,1-2H3,(H,30,36,37). The van der Waals surface area contributed by atoms with Gasteiger partial charge in [-0.2, -0.15) is 9.97 Å². The molecule has 0 spiro atoms. The predicted octanol–water partition coefficient (Wildman–Crippen LogP) is 1.64. The number of hydrogen-bond acceptors (Lipinski definition) is 12. The Hall–Kier alpha value is -3.45. The van der Waals surface area contributed by atoms with E-state index in [4.69, 9.17) is 15.0 Å². The molecule has 0 bridgehead atoms. The molecule has 12 nitrogen and oxygen atoms in total. The van der Waals surface area contributed by atoms with E-state index in [9.17, 15) is 14.7 Å². The Kier molecular flexibility index (Phi) is 7.93. The third-order valence-electron chi connectivity index (χ3n) is 6.79. The van der Waals surface area contributed by atoms with E-state index in [0.29, 0.717) is 35.5 Å². The van der Waals surface area contributed by atoms with Crippen LogP contribution in [-0.2, 0) is 4.79 Å². The summed E-state index contributed by atoms with van der Waals surface area (Å²) in [7, 11) is 1.85. The average molecular weight is 540 g/mol. The SMILES string of the molecule is Cc1cc(N2CCCN(c3nc(C=C4SC(=O)NC4=O)cc(N(C)CCO)n3)CC2)nc(N2CCCC2)n1. The summed E-state index contributed by atoms with van der Waals surface area (Å²) < 4.78 is 0. The van der Waals surface area contributed by atoms with Crippen LogP contribution in [0.25, 0.3) is 6.08 Å². The van der Waals surface area contributed by atoms with Crippen LogP contribution in [0, 0.1) is 6.92 Å². The van der Waals surface area contributed by atoms with E-state index in [-0.39, 0.29) is 6.61 Å². The van der Waals surface area contributed by atoms with Crippen LogP contribution in [0.15, 0.2) is 17.0 Å². The lowest BCUT2D eigenvalue weighted by molar-refractivity contribution is -0.115. The third-order valence-corrected chi connectivity index (χ3v) is 7.60. The topological polar surface area (TPSA) is 131 Å². The molecule has 3 saturated heterocycles. The Morgan fingerprint density at radius 3 is 2.37 bits per heavy atom. The lowest BCUT2D eigenvalue weighted by Gasteiger charge is -2.25. The molecule has 2 aromatic heterocycles. The zero-order valence-electron chi connectivity index (χ0n) is 21.8. The Labute approximate surface area is 226 Å². The first-order valence-corrected chi connectivity index (χ1v) is 13.8. The molecule has 0 unspecified atom stereocenters. The van der Waals surface area contributed by atoms with Crippen molar-refractivity contribution in [2.24, 2.45) is 0 Å². The number of carbonyl (C=O) groups excluding carboxylic acids is 2. The van der Waals surface area contributed by atoms with Crippen molar-refractivity contribution in [3.05, 3.63) is 28.4 Å². The number of aromatic nitrogens is 4. The second-order valence-electron chi connectivity index (χ2n) is 9.64. The van der Waals surface area contributed by atoms with Crippen LogP contribution in [0.1, 0.15) is 30.7 Å². The second kappa shape index (κ2) is 11.5. The van der Waals surface area contributed by atoms with Gasteiger partial charge in [0.25, 0.3) is 11.1 Å². The summed E-state index contributed by atoms with van der Waals surface area (Å²) in [6, 6.07) is 3.81. The highest BCUT2D eigenvalue weighted by Crippen LogP contribution is 2.28. The molecule has 0 saturated carbocycles. The summed E-state index contributed by atoms with van der Waals surface area (Å²) in [6.07, 6.45) is 4.86. The van der Waals surface area contributed by atoms with E-state index in [1.54, 1.807) is 12.1 Å². The van der Waals surface area contributed by atoms with Crippen LogP contribution in [0.3, 0.4) is 0 Å². The second-order valence-corrected chi connectivity index (χ2v) is 10.7. The summed E-state index contributed by atoms with van der Waals surface area (Å²) in [4.78, 5) is 51.7. The van der Waals surface area contributed by atoms with Gasteiger partial charge in [0.2, 0.25) is 11.9 Å². The monoisotopic (exact) mass is 539 g/mol. The number of hydrogen-bond donors (Lipinski definition) is 2. The van der Waals surface area contributed by atoms with Crippen molar-refractivity contribution in [1.29, 1.82) is 0 Å². The van der Waals surface area contributed by atoms with E-state index in [1.807, 2.05) is 24.9 Å². The number of anilines is 4. The van der Waals surface area contributed by atoms with E-state index < -0.39 is 11.1 Å². The van der Waals surface area contributed by atoms with Gasteiger partial charge in [-0.05, 0) is 44.0 Å². The zero-order valence-corrected chi connectivity index (χ0v) is 22.6. The minimum atomic E-state index is -0.427. The fraction of sp³-hybridized carbons (Fsp3) is 0.520. The van der Waals surface area contributed by atoms with Gasteiger partial charge in [0, 0.05) is 70.7 Å². The van der Waals surface area contributed by atoms with Crippen molar-refractivity contribution in [3.8, 4) is 0 Å². The molecule has 2 amide bonds. The van der Waals surface area contributed by atoms with Crippen molar-refractivity contribution in [2.45, 2.75) is 26.2 Å². The number of likely N-dealkylation sites (N-methyl/N-ethyl adjacent to an activating group) is 1. The number of carbonyl (C=O) groups is 2. The minimum Gasteiger partial charge on any atom is -0.395 e. The van der Waals surface area contributed by atoms with Crippen LogP contribution in [0.5, 0.6) is 0 Å². The first-order chi connectivity index (χ1) is 18.4. The van der Waals surface area contributed by atoms with Crippen molar-refractivity contribution < 1.29 is 14.7 Å². The highest BCUT2D eigenvalue weighted by molar-refractivity contribution is 8.18. The van der Waals surface area contributed by atoms with Gasteiger partial charge < -0.3 is 24.7 Å². The molecule has 13 heteroatoms. The molecule has 3 aliphatic heterocycles. The predicted molar refractivity (Wildman–Crippen MR) is 149 cm³/mol. The summed E-state index contributed by atoms with van der Waals surface area (Å²) in [5, 5.41) is 11.3. The molecule has 202 valence electrons. The van der Waals surface area contributed by atoms with Crippen molar-refractivity contribution >= 4 is 52.5 Å². The van der Waals surface area contributed by atoms with Gasteiger partial charge in [0.15, 0.2) is 0 Å². The molecule has 2 aromatic rings. The first kappa shape index (κ1) is 26.2. The number of aliphatic hydroxyl groups is 1.